The van der Waals surface area contributed by atoms with E-state index in [0.29, 0.717) is 42.9 Å². The third-order valence-corrected chi connectivity index (χ3v) is 5.92. The molecule has 0 radical (unpaired) electrons. The van der Waals surface area contributed by atoms with Crippen molar-refractivity contribution in [3.63, 3.8) is 0 Å². The van der Waals surface area contributed by atoms with Crippen LogP contribution in [0.25, 0.3) is 0 Å². The number of rotatable bonds is 5. The monoisotopic (exact) mass is 436 g/mol. The molecule has 0 saturated carbocycles. The zero-order valence-electron chi connectivity index (χ0n) is 18.2. The van der Waals surface area contributed by atoms with E-state index < -0.39 is 5.41 Å². The maximum absolute atomic E-state index is 14.0. The summed E-state index contributed by atoms with van der Waals surface area (Å²) in [5.41, 5.74) is 1.79. The molecule has 6 heteroatoms. The van der Waals surface area contributed by atoms with Crippen molar-refractivity contribution >= 4 is 5.91 Å². The number of halogens is 2. The Bertz CT molecular complexity index is 1120. The number of hydrogen-bond donors (Lipinski definition) is 0. The number of hydrogen-bond acceptors (Lipinski definition) is 3. The number of benzene rings is 2. The Hall–Kier alpha value is -3.12. The van der Waals surface area contributed by atoms with Crippen molar-refractivity contribution in [1.29, 1.82) is 0 Å². The summed E-state index contributed by atoms with van der Waals surface area (Å²) in [6.45, 7) is 4.81. The summed E-state index contributed by atoms with van der Waals surface area (Å²) in [4.78, 5) is 19.8. The second-order valence-corrected chi connectivity index (χ2v) is 8.57. The molecule has 1 fully saturated rings. The Morgan fingerprint density at radius 3 is 2.66 bits per heavy atom. The van der Waals surface area contributed by atoms with Gasteiger partial charge in [-0.25, -0.2) is 8.78 Å². The summed E-state index contributed by atoms with van der Waals surface area (Å²) >= 11 is 0. The van der Waals surface area contributed by atoms with E-state index in [4.69, 9.17) is 4.74 Å². The molecule has 1 amide bonds. The van der Waals surface area contributed by atoms with Crippen LogP contribution >= 0.6 is 0 Å². The second kappa shape index (κ2) is 9.17. The highest BCUT2D eigenvalue weighted by molar-refractivity contribution is 5.87. The van der Waals surface area contributed by atoms with Crippen LogP contribution in [0, 0.1) is 11.6 Å². The molecule has 1 aromatic heterocycles. The SMILES string of the molecule is CC(C)(C(=O)N1CCOC(c2cccc(Cc3ccccc3F)n2)C1)c1cccc(F)c1. The number of ether oxygens (including phenoxy) is 1. The van der Waals surface area contributed by atoms with E-state index in [1.54, 1.807) is 35.2 Å². The maximum atomic E-state index is 14.0. The minimum Gasteiger partial charge on any atom is -0.368 e. The first kappa shape index (κ1) is 22.1. The number of pyridine rings is 1. The number of amides is 1. The first-order valence-electron chi connectivity index (χ1n) is 10.7. The third kappa shape index (κ3) is 4.70. The fourth-order valence-electron chi connectivity index (χ4n) is 4.02. The zero-order valence-corrected chi connectivity index (χ0v) is 18.2. The molecule has 2 heterocycles. The molecule has 2 aromatic carbocycles. The van der Waals surface area contributed by atoms with Gasteiger partial charge in [-0.05, 0) is 55.3 Å². The highest BCUT2D eigenvalue weighted by atomic mass is 19.1. The summed E-state index contributed by atoms with van der Waals surface area (Å²) < 4.78 is 33.7. The van der Waals surface area contributed by atoms with Crippen LogP contribution in [-0.2, 0) is 21.4 Å². The van der Waals surface area contributed by atoms with Gasteiger partial charge in [-0.2, -0.15) is 0 Å². The molecule has 1 aliphatic rings. The van der Waals surface area contributed by atoms with E-state index in [0.717, 1.165) is 5.69 Å². The van der Waals surface area contributed by atoms with Crippen LogP contribution in [0.2, 0.25) is 0 Å². The lowest BCUT2D eigenvalue weighted by Gasteiger charge is -2.37. The van der Waals surface area contributed by atoms with E-state index in [9.17, 15) is 13.6 Å². The normalized spacial score (nSPS) is 16.8. The molecule has 1 unspecified atom stereocenters. The summed E-state index contributed by atoms with van der Waals surface area (Å²) in [5, 5.41) is 0. The zero-order chi connectivity index (χ0) is 22.7. The minimum atomic E-state index is -0.871. The van der Waals surface area contributed by atoms with Gasteiger partial charge in [-0.15, -0.1) is 0 Å². The molecule has 0 N–H and O–H groups in total. The molecule has 166 valence electrons. The van der Waals surface area contributed by atoms with Crippen molar-refractivity contribution < 1.29 is 18.3 Å². The fourth-order valence-corrected chi connectivity index (χ4v) is 4.02. The van der Waals surface area contributed by atoms with Gasteiger partial charge in [0.1, 0.15) is 17.7 Å². The van der Waals surface area contributed by atoms with Crippen LogP contribution in [0.3, 0.4) is 0 Å². The molecule has 0 spiro atoms. The van der Waals surface area contributed by atoms with Crippen LogP contribution < -0.4 is 0 Å². The lowest BCUT2D eigenvalue weighted by atomic mass is 9.83. The minimum absolute atomic E-state index is 0.0843. The Labute approximate surface area is 186 Å². The van der Waals surface area contributed by atoms with Crippen LogP contribution in [0.4, 0.5) is 8.78 Å². The van der Waals surface area contributed by atoms with Crippen LogP contribution in [0.5, 0.6) is 0 Å². The van der Waals surface area contributed by atoms with Gasteiger partial charge in [-0.3, -0.25) is 9.78 Å². The van der Waals surface area contributed by atoms with Crippen molar-refractivity contribution in [3.8, 4) is 0 Å². The van der Waals surface area contributed by atoms with E-state index in [-0.39, 0.29) is 23.6 Å². The average Bonchev–Trinajstić information content (AvgIpc) is 2.80. The summed E-state index contributed by atoms with van der Waals surface area (Å²) in [6, 6.07) is 18.4. The molecule has 4 rings (SSSR count). The standard InChI is InChI=1S/C26H26F2N2O2/c1-26(2,19-8-5-9-20(27)16-19)25(31)30-13-14-32-24(17-30)23-12-6-10-21(29-23)15-18-7-3-4-11-22(18)28/h3-12,16,24H,13-15,17H2,1-2H3. The van der Waals surface area contributed by atoms with Crippen molar-refractivity contribution in [2.75, 3.05) is 19.7 Å². The molecule has 0 bridgehead atoms. The van der Waals surface area contributed by atoms with Gasteiger partial charge in [0.2, 0.25) is 5.91 Å². The number of aromatic nitrogens is 1. The Morgan fingerprint density at radius 1 is 1.09 bits per heavy atom. The highest BCUT2D eigenvalue weighted by Gasteiger charge is 2.37. The van der Waals surface area contributed by atoms with E-state index in [1.807, 2.05) is 32.0 Å². The van der Waals surface area contributed by atoms with Gasteiger partial charge in [-0.1, -0.05) is 36.4 Å². The second-order valence-electron chi connectivity index (χ2n) is 8.57. The van der Waals surface area contributed by atoms with Gasteiger partial charge < -0.3 is 9.64 Å². The molecule has 1 saturated heterocycles. The topological polar surface area (TPSA) is 42.4 Å². The van der Waals surface area contributed by atoms with Crippen LogP contribution in [-0.4, -0.2) is 35.5 Å². The van der Waals surface area contributed by atoms with Crippen molar-refractivity contribution in [2.45, 2.75) is 31.8 Å². The Morgan fingerprint density at radius 2 is 1.88 bits per heavy atom. The summed E-state index contributed by atoms with van der Waals surface area (Å²) in [6.07, 6.45) is -0.000706. The van der Waals surface area contributed by atoms with Gasteiger partial charge >= 0.3 is 0 Å². The largest absolute Gasteiger partial charge is 0.368 e. The maximum Gasteiger partial charge on any atom is 0.232 e. The number of carbonyl (C=O) groups is 1. The molecule has 1 atom stereocenters. The van der Waals surface area contributed by atoms with Crippen LogP contribution in [0.1, 0.15) is 42.5 Å². The van der Waals surface area contributed by atoms with E-state index >= 15 is 0 Å². The molecule has 32 heavy (non-hydrogen) atoms. The lowest BCUT2D eigenvalue weighted by Crippen LogP contribution is -2.49. The van der Waals surface area contributed by atoms with Crippen molar-refractivity contribution in [2.24, 2.45) is 0 Å². The van der Waals surface area contributed by atoms with Crippen molar-refractivity contribution in [3.05, 3.63) is 101 Å². The van der Waals surface area contributed by atoms with Crippen LogP contribution in [0.15, 0.2) is 66.7 Å². The van der Waals surface area contributed by atoms with Gasteiger partial charge in [0, 0.05) is 18.7 Å². The first-order chi connectivity index (χ1) is 15.3. The molecule has 1 aliphatic heterocycles. The third-order valence-electron chi connectivity index (χ3n) is 5.92. The lowest BCUT2D eigenvalue weighted by molar-refractivity contribution is -0.144. The number of carbonyl (C=O) groups excluding carboxylic acids is 1. The molecular weight excluding hydrogens is 410 g/mol. The fraction of sp³-hybridized carbons (Fsp3) is 0.308. The summed E-state index contributed by atoms with van der Waals surface area (Å²) in [5.74, 6) is -0.706. The smallest absolute Gasteiger partial charge is 0.232 e. The van der Waals surface area contributed by atoms with Crippen molar-refractivity contribution in [1.82, 2.24) is 9.88 Å². The highest BCUT2D eigenvalue weighted by Crippen LogP contribution is 2.29. The Balaban J connectivity index is 1.50. The van der Waals surface area contributed by atoms with E-state index in [1.165, 1.54) is 18.2 Å². The number of morpholine rings is 1. The van der Waals surface area contributed by atoms with Gasteiger partial charge in [0.05, 0.1) is 24.3 Å². The Kier molecular flexibility index (Phi) is 6.33. The molecule has 3 aromatic rings. The average molecular weight is 437 g/mol. The quantitative estimate of drug-likeness (QED) is 0.576. The molecule has 0 aliphatic carbocycles. The molecular formula is C26H26F2N2O2. The van der Waals surface area contributed by atoms with Gasteiger partial charge in [0.15, 0.2) is 0 Å². The number of nitrogens with zero attached hydrogens (tertiary/aromatic N) is 2. The summed E-state index contributed by atoms with van der Waals surface area (Å²) in [7, 11) is 0. The molecule has 4 nitrogen and oxygen atoms in total. The van der Waals surface area contributed by atoms with E-state index in [2.05, 4.69) is 4.98 Å². The first-order valence-corrected chi connectivity index (χ1v) is 10.7. The van der Waals surface area contributed by atoms with Gasteiger partial charge in [0.25, 0.3) is 0 Å². The predicted molar refractivity (Wildman–Crippen MR) is 118 cm³/mol. The predicted octanol–water partition coefficient (Wildman–Crippen LogP) is 4.83.